The molecule has 166 valence electrons. The fourth-order valence-electron chi connectivity index (χ4n) is 4.79. The van der Waals surface area contributed by atoms with Gasteiger partial charge < -0.3 is 25.6 Å². The van der Waals surface area contributed by atoms with Gasteiger partial charge in [0.1, 0.15) is 18.5 Å². The van der Waals surface area contributed by atoms with E-state index in [1.165, 1.54) is 32.0 Å². The lowest BCUT2D eigenvalue weighted by atomic mass is 10.0. The van der Waals surface area contributed by atoms with Gasteiger partial charge in [0, 0.05) is 12.5 Å². The standard InChI is InChI=1S/C22H30N6O3/c29-18-16(10-5-9-14-6-3-4-11-23-14)31-22(19(18)30)28-13-26-17-20(24-12-25-21(17)28)27-15-7-1-2-8-15/h12-16,18-19,22-23,29-30H,1-4,6-8,10-11H2,(H,24,25,27)/t14?,16-,18-,19-,22-/m1/s1. The number of hydrogen-bond donors (Lipinski definition) is 4. The van der Waals surface area contributed by atoms with E-state index in [4.69, 9.17) is 4.74 Å². The topological polar surface area (TPSA) is 117 Å². The van der Waals surface area contributed by atoms with Crippen LogP contribution in [0.5, 0.6) is 0 Å². The van der Waals surface area contributed by atoms with Crippen LogP contribution in [0, 0.1) is 11.8 Å². The lowest BCUT2D eigenvalue weighted by Gasteiger charge is -2.18. The van der Waals surface area contributed by atoms with E-state index in [0.717, 1.165) is 25.8 Å². The monoisotopic (exact) mass is 426 g/mol. The van der Waals surface area contributed by atoms with Crippen molar-refractivity contribution in [3.8, 4) is 11.8 Å². The van der Waals surface area contributed by atoms with Gasteiger partial charge in [0.2, 0.25) is 0 Å². The summed E-state index contributed by atoms with van der Waals surface area (Å²) in [6.07, 6.45) is 8.14. The highest BCUT2D eigenvalue weighted by atomic mass is 16.6. The maximum atomic E-state index is 10.7. The Bertz CT molecular complexity index is 957. The fourth-order valence-corrected chi connectivity index (χ4v) is 4.79. The van der Waals surface area contributed by atoms with Crippen molar-refractivity contribution in [1.29, 1.82) is 0 Å². The van der Waals surface area contributed by atoms with Gasteiger partial charge in [-0.3, -0.25) is 4.57 Å². The summed E-state index contributed by atoms with van der Waals surface area (Å²) < 4.78 is 7.70. The summed E-state index contributed by atoms with van der Waals surface area (Å²) in [5.74, 6) is 7.05. The van der Waals surface area contributed by atoms with Gasteiger partial charge in [0.25, 0.3) is 0 Å². The molecule has 4 heterocycles. The summed E-state index contributed by atoms with van der Waals surface area (Å²) in [6.45, 7) is 0.996. The minimum Gasteiger partial charge on any atom is -0.387 e. The zero-order valence-corrected chi connectivity index (χ0v) is 17.6. The third-order valence-corrected chi connectivity index (χ3v) is 6.56. The Labute approximate surface area is 181 Å². The first-order chi connectivity index (χ1) is 15.2. The molecule has 9 heteroatoms. The molecule has 1 saturated carbocycles. The van der Waals surface area contributed by atoms with E-state index < -0.39 is 24.5 Å². The van der Waals surface area contributed by atoms with Crippen molar-refractivity contribution in [2.24, 2.45) is 0 Å². The first-order valence-electron chi connectivity index (χ1n) is 11.4. The molecule has 2 aromatic heterocycles. The molecule has 2 aromatic rings. The van der Waals surface area contributed by atoms with Gasteiger partial charge in [-0.25, -0.2) is 15.0 Å². The van der Waals surface area contributed by atoms with Crippen LogP contribution >= 0.6 is 0 Å². The minimum atomic E-state index is -1.08. The molecular weight excluding hydrogens is 396 g/mol. The molecule has 5 rings (SSSR count). The number of hydrogen-bond acceptors (Lipinski definition) is 8. The van der Waals surface area contributed by atoms with E-state index >= 15 is 0 Å². The Morgan fingerprint density at radius 1 is 1.10 bits per heavy atom. The van der Waals surface area contributed by atoms with Gasteiger partial charge in [-0.15, -0.1) is 0 Å². The lowest BCUT2D eigenvalue weighted by Crippen LogP contribution is -2.33. The molecule has 0 bridgehead atoms. The number of aliphatic hydroxyl groups excluding tert-OH is 2. The number of nitrogens with one attached hydrogen (secondary N) is 2. The first-order valence-corrected chi connectivity index (χ1v) is 11.4. The fraction of sp³-hybridized carbons (Fsp3) is 0.682. The van der Waals surface area contributed by atoms with Crippen LogP contribution in [-0.4, -0.2) is 66.7 Å². The van der Waals surface area contributed by atoms with Crippen LogP contribution in [-0.2, 0) is 4.74 Å². The van der Waals surface area contributed by atoms with E-state index in [1.807, 2.05) is 0 Å². The number of anilines is 1. The van der Waals surface area contributed by atoms with Gasteiger partial charge in [-0.1, -0.05) is 24.7 Å². The number of aromatic nitrogens is 4. The van der Waals surface area contributed by atoms with Crippen molar-refractivity contribution in [3.63, 3.8) is 0 Å². The minimum absolute atomic E-state index is 0.202. The second-order valence-corrected chi connectivity index (χ2v) is 8.75. The molecule has 5 atom stereocenters. The van der Waals surface area contributed by atoms with Crippen molar-refractivity contribution in [2.45, 2.75) is 88.0 Å². The van der Waals surface area contributed by atoms with E-state index in [0.29, 0.717) is 29.4 Å². The lowest BCUT2D eigenvalue weighted by molar-refractivity contribution is -0.0333. The second-order valence-electron chi connectivity index (χ2n) is 8.75. The Kier molecular flexibility index (Phi) is 6.05. The van der Waals surface area contributed by atoms with Crippen LogP contribution in [0.1, 0.15) is 57.6 Å². The molecule has 1 aliphatic carbocycles. The zero-order valence-electron chi connectivity index (χ0n) is 17.6. The van der Waals surface area contributed by atoms with Crippen molar-refractivity contribution >= 4 is 17.0 Å². The molecule has 2 saturated heterocycles. The maximum absolute atomic E-state index is 10.7. The largest absolute Gasteiger partial charge is 0.387 e. The maximum Gasteiger partial charge on any atom is 0.167 e. The normalized spacial score (nSPS) is 31.6. The molecule has 0 spiro atoms. The number of aliphatic hydroxyl groups is 2. The molecule has 2 aliphatic heterocycles. The van der Waals surface area contributed by atoms with Gasteiger partial charge >= 0.3 is 0 Å². The van der Waals surface area contributed by atoms with Crippen LogP contribution in [0.4, 0.5) is 5.82 Å². The van der Waals surface area contributed by atoms with E-state index in [1.54, 1.807) is 10.9 Å². The van der Waals surface area contributed by atoms with Crippen LogP contribution in [0.15, 0.2) is 12.7 Å². The zero-order chi connectivity index (χ0) is 21.2. The molecule has 3 aliphatic rings. The van der Waals surface area contributed by atoms with Crippen LogP contribution in [0.2, 0.25) is 0 Å². The summed E-state index contributed by atoms with van der Waals surface area (Å²) >= 11 is 0. The van der Waals surface area contributed by atoms with Gasteiger partial charge in [0.15, 0.2) is 23.2 Å². The molecule has 1 unspecified atom stereocenters. The molecular formula is C22H30N6O3. The Morgan fingerprint density at radius 2 is 1.94 bits per heavy atom. The Hall–Kier alpha value is -2.25. The quantitative estimate of drug-likeness (QED) is 0.541. The summed E-state index contributed by atoms with van der Waals surface area (Å²) in [7, 11) is 0. The van der Waals surface area contributed by atoms with E-state index in [2.05, 4.69) is 37.4 Å². The first kappa shape index (κ1) is 20.6. The molecule has 9 nitrogen and oxygen atoms in total. The van der Waals surface area contributed by atoms with Gasteiger partial charge in [0.05, 0.1) is 18.5 Å². The number of imidazole rings is 1. The third-order valence-electron chi connectivity index (χ3n) is 6.56. The van der Waals surface area contributed by atoms with Crippen LogP contribution < -0.4 is 10.6 Å². The summed E-state index contributed by atoms with van der Waals surface area (Å²) in [5.41, 5.74) is 1.22. The average molecular weight is 427 g/mol. The molecule has 0 radical (unpaired) electrons. The molecule has 4 N–H and O–H groups in total. The van der Waals surface area contributed by atoms with E-state index in [9.17, 15) is 10.2 Å². The van der Waals surface area contributed by atoms with Crippen molar-refractivity contribution in [2.75, 3.05) is 11.9 Å². The van der Waals surface area contributed by atoms with Crippen molar-refractivity contribution in [3.05, 3.63) is 12.7 Å². The smallest absolute Gasteiger partial charge is 0.167 e. The predicted octanol–water partition coefficient (Wildman–Crippen LogP) is 1.34. The molecule has 31 heavy (non-hydrogen) atoms. The number of rotatable bonds is 4. The van der Waals surface area contributed by atoms with Gasteiger partial charge in [-0.2, -0.15) is 0 Å². The van der Waals surface area contributed by atoms with Crippen molar-refractivity contribution < 1.29 is 14.9 Å². The number of piperidine rings is 1. The molecule has 0 aromatic carbocycles. The summed E-state index contributed by atoms with van der Waals surface area (Å²) in [4.78, 5) is 13.2. The number of ether oxygens (including phenoxy) is 1. The Morgan fingerprint density at radius 3 is 2.74 bits per heavy atom. The van der Waals surface area contributed by atoms with Crippen molar-refractivity contribution in [1.82, 2.24) is 24.8 Å². The number of nitrogens with zero attached hydrogens (tertiary/aromatic N) is 4. The SMILES string of the molecule is O[C@@H]1[C@H](O)[C@@H](CC#CC2CCCCN2)O[C@H]1n1cnc2c(NC3CCCC3)ncnc21. The molecule has 0 amide bonds. The number of fused-ring (bicyclic) bond motifs is 1. The predicted molar refractivity (Wildman–Crippen MR) is 115 cm³/mol. The highest BCUT2D eigenvalue weighted by Crippen LogP contribution is 2.33. The summed E-state index contributed by atoms with van der Waals surface area (Å²) in [5, 5.41) is 28.1. The highest BCUT2D eigenvalue weighted by molar-refractivity contribution is 5.82. The highest BCUT2D eigenvalue weighted by Gasteiger charge is 2.44. The summed E-state index contributed by atoms with van der Waals surface area (Å²) in [6, 6.07) is 0.605. The third kappa shape index (κ3) is 4.26. The molecule has 3 fully saturated rings. The van der Waals surface area contributed by atoms with Crippen LogP contribution in [0.25, 0.3) is 11.2 Å². The van der Waals surface area contributed by atoms with Crippen LogP contribution in [0.3, 0.4) is 0 Å². The van der Waals surface area contributed by atoms with E-state index in [-0.39, 0.29) is 6.04 Å². The van der Waals surface area contributed by atoms with Gasteiger partial charge in [-0.05, 0) is 38.6 Å². The average Bonchev–Trinajstić information content (AvgIpc) is 3.51. The Balaban J connectivity index is 1.31. The second kappa shape index (κ2) is 9.09.